The molecule has 114 valence electrons. The van der Waals surface area contributed by atoms with Crippen LogP contribution in [0.5, 0.6) is 0 Å². The Balaban J connectivity index is 1.56. The maximum absolute atomic E-state index is 12.5. The Labute approximate surface area is 126 Å². The number of hydrogen-bond donors (Lipinski definition) is 0. The first-order valence-corrected chi connectivity index (χ1v) is 7.82. The number of carbonyl (C=O) groups is 1. The fourth-order valence-electron chi connectivity index (χ4n) is 3.10. The van der Waals surface area contributed by atoms with Crippen LogP contribution in [0.25, 0.3) is 0 Å². The summed E-state index contributed by atoms with van der Waals surface area (Å²) in [6.45, 7) is 4.56. The highest BCUT2D eigenvalue weighted by molar-refractivity contribution is 5.85. The maximum atomic E-state index is 12.5. The second kappa shape index (κ2) is 7.16. The predicted octanol–water partition coefficient (Wildman–Crippen LogP) is 1.88. The Hall–Kier alpha value is -1.23. The van der Waals surface area contributed by atoms with Gasteiger partial charge in [-0.2, -0.15) is 0 Å². The van der Waals surface area contributed by atoms with E-state index in [9.17, 15) is 4.79 Å². The standard InChI is InChI=1S/C17H23NO3/c19-17(15-6-9-20-10-7-15)16-13-18(8-11-21-16)12-14-4-2-1-3-5-14/h1-5,15-16H,6-13H2/t16-/m1/s1. The quantitative estimate of drug-likeness (QED) is 0.848. The Morgan fingerprint density at radius 3 is 2.67 bits per heavy atom. The molecule has 2 heterocycles. The molecule has 0 radical (unpaired) electrons. The topological polar surface area (TPSA) is 38.8 Å². The van der Waals surface area contributed by atoms with Crippen molar-refractivity contribution in [2.75, 3.05) is 32.9 Å². The van der Waals surface area contributed by atoms with E-state index in [1.54, 1.807) is 0 Å². The minimum Gasteiger partial charge on any atom is -0.381 e. The van der Waals surface area contributed by atoms with Crippen LogP contribution >= 0.6 is 0 Å². The number of hydrogen-bond acceptors (Lipinski definition) is 4. The lowest BCUT2D eigenvalue weighted by Gasteiger charge is -2.34. The predicted molar refractivity (Wildman–Crippen MR) is 80.0 cm³/mol. The molecule has 2 fully saturated rings. The largest absolute Gasteiger partial charge is 0.381 e. The van der Waals surface area contributed by atoms with Gasteiger partial charge in [0.05, 0.1) is 6.61 Å². The summed E-state index contributed by atoms with van der Waals surface area (Å²) in [6, 6.07) is 10.4. The molecule has 1 atom stereocenters. The second-order valence-corrected chi connectivity index (χ2v) is 5.87. The first kappa shape index (κ1) is 14.7. The van der Waals surface area contributed by atoms with Crippen LogP contribution in [0.3, 0.4) is 0 Å². The van der Waals surface area contributed by atoms with Crippen LogP contribution in [-0.4, -0.2) is 49.7 Å². The van der Waals surface area contributed by atoms with Gasteiger partial charge in [0.2, 0.25) is 0 Å². The number of rotatable bonds is 4. The molecule has 2 aliphatic rings. The van der Waals surface area contributed by atoms with Gasteiger partial charge in [-0.15, -0.1) is 0 Å². The molecule has 0 spiro atoms. The van der Waals surface area contributed by atoms with Crippen molar-refractivity contribution in [2.45, 2.75) is 25.5 Å². The third kappa shape index (κ3) is 3.90. The summed E-state index contributed by atoms with van der Waals surface area (Å²) in [5.74, 6) is 0.400. The van der Waals surface area contributed by atoms with E-state index in [1.165, 1.54) is 5.56 Å². The van der Waals surface area contributed by atoms with Crippen molar-refractivity contribution in [3.05, 3.63) is 35.9 Å². The van der Waals surface area contributed by atoms with Crippen LogP contribution in [-0.2, 0) is 20.8 Å². The number of ketones is 1. The molecule has 4 nitrogen and oxygen atoms in total. The Kier molecular flexibility index (Phi) is 5.01. The Morgan fingerprint density at radius 2 is 1.90 bits per heavy atom. The summed E-state index contributed by atoms with van der Waals surface area (Å²) >= 11 is 0. The van der Waals surface area contributed by atoms with Gasteiger partial charge in [0.25, 0.3) is 0 Å². The molecule has 3 rings (SSSR count). The molecule has 0 N–H and O–H groups in total. The average Bonchev–Trinajstić information content (AvgIpc) is 2.56. The fourth-order valence-corrected chi connectivity index (χ4v) is 3.10. The van der Waals surface area contributed by atoms with Gasteiger partial charge in [-0.3, -0.25) is 9.69 Å². The Bertz CT molecular complexity index is 456. The van der Waals surface area contributed by atoms with Crippen LogP contribution in [0.15, 0.2) is 30.3 Å². The van der Waals surface area contributed by atoms with Crippen molar-refractivity contribution in [3.63, 3.8) is 0 Å². The van der Waals surface area contributed by atoms with Gasteiger partial charge >= 0.3 is 0 Å². The molecule has 0 amide bonds. The summed E-state index contributed by atoms with van der Waals surface area (Å²) in [5, 5.41) is 0. The molecule has 21 heavy (non-hydrogen) atoms. The number of carbonyl (C=O) groups excluding carboxylic acids is 1. The van der Waals surface area contributed by atoms with Crippen molar-refractivity contribution in [3.8, 4) is 0 Å². The highest BCUT2D eigenvalue weighted by Crippen LogP contribution is 2.21. The summed E-state index contributed by atoms with van der Waals surface area (Å²) in [5.41, 5.74) is 1.29. The zero-order valence-electron chi connectivity index (χ0n) is 12.4. The maximum Gasteiger partial charge on any atom is 0.166 e. The molecule has 0 saturated carbocycles. The van der Waals surface area contributed by atoms with Gasteiger partial charge in [0, 0.05) is 38.8 Å². The first-order chi connectivity index (χ1) is 10.3. The minimum atomic E-state index is -0.259. The number of morpholine rings is 1. The molecule has 1 aromatic carbocycles. The summed E-state index contributed by atoms with van der Waals surface area (Å²) in [4.78, 5) is 14.9. The van der Waals surface area contributed by atoms with E-state index in [4.69, 9.17) is 9.47 Å². The first-order valence-electron chi connectivity index (χ1n) is 7.82. The van der Waals surface area contributed by atoms with Crippen LogP contribution in [0, 0.1) is 5.92 Å². The smallest absolute Gasteiger partial charge is 0.166 e. The van der Waals surface area contributed by atoms with Crippen LogP contribution in [0.1, 0.15) is 18.4 Å². The molecule has 0 aromatic heterocycles. The van der Waals surface area contributed by atoms with Gasteiger partial charge in [0.15, 0.2) is 5.78 Å². The van der Waals surface area contributed by atoms with E-state index < -0.39 is 0 Å². The normalized spacial score (nSPS) is 24.9. The van der Waals surface area contributed by atoms with Crippen LogP contribution < -0.4 is 0 Å². The van der Waals surface area contributed by atoms with Gasteiger partial charge < -0.3 is 9.47 Å². The number of nitrogens with zero attached hydrogens (tertiary/aromatic N) is 1. The van der Waals surface area contributed by atoms with E-state index in [2.05, 4.69) is 29.2 Å². The zero-order chi connectivity index (χ0) is 14.5. The van der Waals surface area contributed by atoms with Crippen molar-refractivity contribution >= 4 is 5.78 Å². The van der Waals surface area contributed by atoms with E-state index in [0.29, 0.717) is 26.4 Å². The highest BCUT2D eigenvalue weighted by Gasteiger charge is 2.32. The van der Waals surface area contributed by atoms with Gasteiger partial charge in [-0.05, 0) is 18.4 Å². The van der Waals surface area contributed by atoms with E-state index in [1.807, 2.05) is 6.07 Å². The van der Waals surface area contributed by atoms with Crippen molar-refractivity contribution in [1.29, 1.82) is 0 Å². The molecule has 4 heteroatoms. The summed E-state index contributed by atoms with van der Waals surface area (Å²) < 4.78 is 11.1. The van der Waals surface area contributed by atoms with Crippen molar-refractivity contribution in [1.82, 2.24) is 4.90 Å². The summed E-state index contributed by atoms with van der Waals surface area (Å²) in [7, 11) is 0. The SMILES string of the molecule is O=C(C1CCOCC1)[C@H]1CN(Cc2ccccc2)CCO1. The van der Waals surface area contributed by atoms with Crippen LogP contribution in [0.4, 0.5) is 0 Å². The highest BCUT2D eigenvalue weighted by atomic mass is 16.5. The average molecular weight is 289 g/mol. The molecule has 1 aromatic rings. The van der Waals surface area contributed by atoms with Crippen molar-refractivity contribution in [2.24, 2.45) is 5.92 Å². The third-order valence-corrected chi connectivity index (χ3v) is 4.34. The molecule has 2 aliphatic heterocycles. The number of ether oxygens (including phenoxy) is 2. The monoisotopic (exact) mass is 289 g/mol. The molecular weight excluding hydrogens is 266 g/mol. The third-order valence-electron chi connectivity index (χ3n) is 4.34. The Morgan fingerprint density at radius 1 is 1.14 bits per heavy atom. The van der Waals surface area contributed by atoms with E-state index in [-0.39, 0.29) is 17.8 Å². The molecule has 0 aliphatic carbocycles. The van der Waals surface area contributed by atoms with E-state index >= 15 is 0 Å². The lowest BCUT2D eigenvalue weighted by Crippen LogP contribution is -2.48. The van der Waals surface area contributed by atoms with Gasteiger partial charge in [-0.25, -0.2) is 0 Å². The lowest BCUT2D eigenvalue weighted by molar-refractivity contribution is -0.143. The van der Waals surface area contributed by atoms with Gasteiger partial charge in [0.1, 0.15) is 6.10 Å². The zero-order valence-corrected chi connectivity index (χ0v) is 12.4. The van der Waals surface area contributed by atoms with Crippen LogP contribution in [0.2, 0.25) is 0 Å². The number of Topliss-reactive ketones (excluding diaryl/α,β-unsaturated/α-hetero) is 1. The minimum absolute atomic E-state index is 0.125. The molecule has 0 unspecified atom stereocenters. The van der Waals surface area contributed by atoms with Gasteiger partial charge in [-0.1, -0.05) is 30.3 Å². The fraction of sp³-hybridized carbons (Fsp3) is 0.588. The lowest BCUT2D eigenvalue weighted by atomic mass is 9.91. The molecule has 2 saturated heterocycles. The second-order valence-electron chi connectivity index (χ2n) is 5.87. The molecule has 0 bridgehead atoms. The summed E-state index contributed by atoms with van der Waals surface area (Å²) in [6.07, 6.45) is 1.43. The number of benzene rings is 1. The molecular formula is C17H23NO3. The van der Waals surface area contributed by atoms with E-state index in [0.717, 1.165) is 25.9 Å². The van der Waals surface area contributed by atoms with Crippen molar-refractivity contribution < 1.29 is 14.3 Å².